The Morgan fingerprint density at radius 3 is 2.44 bits per heavy atom. The molecule has 0 aromatic heterocycles. The van der Waals surface area contributed by atoms with Gasteiger partial charge in [0.2, 0.25) is 0 Å². The van der Waals surface area contributed by atoms with Gasteiger partial charge in [0.1, 0.15) is 0 Å². The molecule has 0 amide bonds. The summed E-state index contributed by atoms with van der Waals surface area (Å²) >= 11 is 7.16. The maximum Gasteiger partial charge on any atom is 0.0851 e. The van der Waals surface area contributed by atoms with Gasteiger partial charge < -0.3 is 0 Å². The maximum absolute atomic E-state index is 10.2. The molecular formula is C23H26Br2N2. The highest BCUT2D eigenvalue weighted by Crippen LogP contribution is 2.50. The molecule has 142 valence electrons. The van der Waals surface area contributed by atoms with Crippen LogP contribution in [0.3, 0.4) is 0 Å². The van der Waals surface area contributed by atoms with Gasteiger partial charge >= 0.3 is 0 Å². The minimum atomic E-state index is -0.352. The fourth-order valence-electron chi connectivity index (χ4n) is 3.92. The Balaban J connectivity index is 1.68. The summed E-state index contributed by atoms with van der Waals surface area (Å²) in [6, 6.07) is 19.7. The van der Waals surface area contributed by atoms with Crippen molar-refractivity contribution in [3.63, 3.8) is 0 Å². The minimum Gasteiger partial charge on any atom is -0.299 e. The summed E-state index contributed by atoms with van der Waals surface area (Å²) < 4.78 is 2.06. The monoisotopic (exact) mass is 488 g/mol. The fraction of sp³-hybridized carbons (Fsp3) is 0.435. The molecule has 0 N–H and O–H groups in total. The summed E-state index contributed by atoms with van der Waals surface area (Å²) in [7, 11) is 0. The summed E-state index contributed by atoms with van der Waals surface area (Å²) in [6.07, 6.45) is 4.30. The Bertz CT molecular complexity index is 796. The first-order chi connectivity index (χ1) is 13.1. The molecule has 1 unspecified atom stereocenters. The Kier molecular flexibility index (Phi) is 7.14. The van der Waals surface area contributed by atoms with E-state index in [1.807, 2.05) is 0 Å². The smallest absolute Gasteiger partial charge is 0.0851 e. The number of hydrogen-bond donors (Lipinski definition) is 0. The highest BCUT2D eigenvalue weighted by Gasteiger charge is 2.46. The van der Waals surface area contributed by atoms with E-state index in [-0.39, 0.29) is 5.41 Å². The zero-order valence-electron chi connectivity index (χ0n) is 15.8. The number of halogens is 2. The minimum absolute atomic E-state index is 0.352. The van der Waals surface area contributed by atoms with Crippen molar-refractivity contribution in [1.29, 1.82) is 5.26 Å². The summed E-state index contributed by atoms with van der Waals surface area (Å²) in [4.78, 5) is 2.47. The van der Waals surface area contributed by atoms with Crippen molar-refractivity contribution in [1.82, 2.24) is 4.90 Å². The van der Waals surface area contributed by atoms with Gasteiger partial charge in [-0.1, -0.05) is 43.3 Å². The van der Waals surface area contributed by atoms with Crippen LogP contribution in [0.1, 0.15) is 43.7 Å². The first kappa shape index (κ1) is 20.6. The molecule has 0 radical (unpaired) electrons. The third-order valence-electron chi connectivity index (χ3n) is 5.65. The Morgan fingerprint density at radius 2 is 1.85 bits per heavy atom. The second kappa shape index (κ2) is 9.37. The van der Waals surface area contributed by atoms with Crippen LogP contribution >= 0.6 is 31.9 Å². The van der Waals surface area contributed by atoms with Gasteiger partial charge in [-0.15, -0.1) is 0 Å². The highest BCUT2D eigenvalue weighted by molar-refractivity contribution is 9.13. The molecule has 0 spiro atoms. The lowest BCUT2D eigenvalue weighted by molar-refractivity contribution is 0.261. The number of nitrogens with zero attached hydrogens (tertiary/aromatic N) is 2. The third kappa shape index (κ3) is 5.02. The van der Waals surface area contributed by atoms with Crippen LogP contribution in [0.25, 0.3) is 0 Å². The van der Waals surface area contributed by atoms with E-state index in [0.717, 1.165) is 47.0 Å². The molecular weight excluding hydrogens is 464 g/mol. The summed E-state index contributed by atoms with van der Waals surface area (Å²) in [5.74, 6) is 0.500. The lowest BCUT2D eigenvalue weighted by Crippen LogP contribution is -2.30. The molecule has 1 aliphatic carbocycles. The first-order valence-corrected chi connectivity index (χ1v) is 11.3. The van der Waals surface area contributed by atoms with E-state index in [1.54, 1.807) is 0 Å². The normalized spacial score (nSPS) is 16.1. The molecule has 2 aromatic carbocycles. The van der Waals surface area contributed by atoms with E-state index in [4.69, 9.17) is 0 Å². The average molecular weight is 490 g/mol. The van der Waals surface area contributed by atoms with Crippen LogP contribution in [-0.2, 0) is 12.0 Å². The number of benzene rings is 2. The Labute approximate surface area is 179 Å². The van der Waals surface area contributed by atoms with Crippen molar-refractivity contribution in [2.45, 2.75) is 44.6 Å². The van der Waals surface area contributed by atoms with E-state index in [9.17, 15) is 5.26 Å². The Hall–Kier alpha value is -1.15. The predicted molar refractivity (Wildman–Crippen MR) is 118 cm³/mol. The van der Waals surface area contributed by atoms with Gasteiger partial charge in [-0.05, 0) is 99.8 Å². The third-order valence-corrected chi connectivity index (χ3v) is 7.53. The number of hydrogen-bond acceptors (Lipinski definition) is 2. The largest absolute Gasteiger partial charge is 0.299 e. The van der Waals surface area contributed by atoms with Gasteiger partial charge in [0.15, 0.2) is 0 Å². The highest BCUT2D eigenvalue weighted by atomic mass is 79.9. The van der Waals surface area contributed by atoms with Crippen molar-refractivity contribution >= 4 is 31.9 Å². The second-order valence-electron chi connectivity index (χ2n) is 7.44. The molecule has 0 bridgehead atoms. The van der Waals surface area contributed by atoms with Crippen molar-refractivity contribution in [3.8, 4) is 6.07 Å². The molecule has 4 heteroatoms. The molecule has 0 saturated heterocycles. The quantitative estimate of drug-likeness (QED) is 0.392. The molecule has 0 heterocycles. The zero-order valence-corrected chi connectivity index (χ0v) is 19.0. The van der Waals surface area contributed by atoms with Crippen LogP contribution in [0.4, 0.5) is 0 Å². The molecule has 0 aliphatic heterocycles. The van der Waals surface area contributed by atoms with Crippen LogP contribution in [0.2, 0.25) is 0 Å². The first-order valence-electron chi connectivity index (χ1n) is 9.72. The summed E-state index contributed by atoms with van der Waals surface area (Å²) in [6.45, 7) is 5.25. The molecule has 27 heavy (non-hydrogen) atoms. The average Bonchev–Trinajstić information content (AvgIpc) is 3.53. The topological polar surface area (TPSA) is 27.0 Å². The molecule has 3 rings (SSSR count). The van der Waals surface area contributed by atoms with Gasteiger partial charge in [-0.3, -0.25) is 4.90 Å². The van der Waals surface area contributed by atoms with Crippen molar-refractivity contribution < 1.29 is 0 Å². The molecule has 1 fully saturated rings. The zero-order chi connectivity index (χ0) is 19.3. The lowest BCUT2D eigenvalue weighted by Gasteiger charge is -2.29. The maximum atomic E-state index is 10.2. The van der Waals surface area contributed by atoms with Gasteiger partial charge in [0.25, 0.3) is 0 Å². The van der Waals surface area contributed by atoms with Crippen LogP contribution in [0.5, 0.6) is 0 Å². The molecule has 1 aliphatic rings. The van der Waals surface area contributed by atoms with E-state index in [1.165, 1.54) is 18.4 Å². The molecule has 1 saturated carbocycles. The molecule has 2 nitrogen and oxygen atoms in total. The van der Waals surface area contributed by atoms with Crippen LogP contribution in [0.15, 0.2) is 57.5 Å². The van der Waals surface area contributed by atoms with E-state index >= 15 is 0 Å². The van der Waals surface area contributed by atoms with E-state index in [0.29, 0.717) is 5.92 Å². The number of rotatable bonds is 9. The molecule has 1 atom stereocenters. The van der Waals surface area contributed by atoms with Crippen LogP contribution in [0, 0.1) is 17.2 Å². The summed E-state index contributed by atoms with van der Waals surface area (Å²) in [5.41, 5.74) is 2.16. The van der Waals surface area contributed by atoms with Crippen molar-refractivity contribution in [2.75, 3.05) is 13.1 Å². The van der Waals surface area contributed by atoms with Crippen molar-refractivity contribution in [3.05, 3.63) is 68.6 Å². The Morgan fingerprint density at radius 1 is 1.11 bits per heavy atom. The van der Waals surface area contributed by atoms with Gasteiger partial charge in [-0.2, -0.15) is 5.26 Å². The van der Waals surface area contributed by atoms with E-state index in [2.05, 4.69) is 98.3 Å². The number of nitriles is 1. The molecule has 2 aromatic rings. The van der Waals surface area contributed by atoms with Gasteiger partial charge in [-0.25, -0.2) is 0 Å². The van der Waals surface area contributed by atoms with Gasteiger partial charge in [0, 0.05) is 15.5 Å². The summed E-state index contributed by atoms with van der Waals surface area (Å²) in [5, 5.41) is 10.2. The standard InChI is InChI=1S/C23H26Br2N2/c1-2-27(16-18-7-4-3-5-8-18)14-6-13-23(17-26,19-9-10-19)20-11-12-21(24)22(25)15-20/h3-5,7-8,11-12,15,19H,2,6,9-10,13-14,16H2,1H3. The van der Waals surface area contributed by atoms with Gasteiger partial charge in [0.05, 0.1) is 11.5 Å². The van der Waals surface area contributed by atoms with E-state index < -0.39 is 0 Å². The lowest BCUT2D eigenvalue weighted by atomic mass is 9.74. The van der Waals surface area contributed by atoms with Crippen LogP contribution < -0.4 is 0 Å². The fourth-order valence-corrected chi connectivity index (χ4v) is 4.54. The van der Waals surface area contributed by atoms with Crippen molar-refractivity contribution in [2.24, 2.45) is 5.92 Å². The predicted octanol–water partition coefficient (Wildman–Crippen LogP) is 6.69. The van der Waals surface area contributed by atoms with Crippen LogP contribution in [-0.4, -0.2) is 18.0 Å². The SMILES string of the molecule is CCN(CCCC(C#N)(c1ccc(Br)c(Br)c1)C1CC1)Cc1ccccc1. The second-order valence-corrected chi connectivity index (χ2v) is 9.15.